The van der Waals surface area contributed by atoms with Gasteiger partial charge in [-0.15, -0.1) is 0 Å². The van der Waals surface area contributed by atoms with E-state index in [4.69, 9.17) is 0 Å². The monoisotopic (exact) mass is 513 g/mol. The number of hydrogen-bond donors (Lipinski definition) is 3. The van der Waals surface area contributed by atoms with E-state index in [-0.39, 0.29) is 34.3 Å². The largest absolute Gasteiger partial charge is 0.480 e. The Bertz CT molecular complexity index is 959. The summed E-state index contributed by atoms with van der Waals surface area (Å²) in [5.41, 5.74) is 0.934. The summed E-state index contributed by atoms with van der Waals surface area (Å²) >= 11 is 1.34. The van der Waals surface area contributed by atoms with Crippen LogP contribution >= 0.6 is 11.8 Å². The zero-order valence-corrected chi connectivity index (χ0v) is 21.7. The van der Waals surface area contributed by atoms with Gasteiger partial charge in [-0.05, 0) is 44.1 Å². The van der Waals surface area contributed by atoms with Crippen molar-refractivity contribution < 1.29 is 27.9 Å². The van der Waals surface area contributed by atoms with Crippen molar-refractivity contribution in [2.45, 2.75) is 57.0 Å². The van der Waals surface area contributed by atoms with Gasteiger partial charge in [0, 0.05) is 24.8 Å². The number of thioether (sulfide) groups is 1. The molecular formula is C23H35N3O6S2. The molecule has 0 spiro atoms. The van der Waals surface area contributed by atoms with E-state index < -0.39 is 28.1 Å². The van der Waals surface area contributed by atoms with E-state index in [0.717, 1.165) is 5.56 Å². The third-order valence-electron chi connectivity index (χ3n) is 6.22. The molecule has 2 rings (SSSR count). The van der Waals surface area contributed by atoms with Crippen molar-refractivity contribution in [2.24, 2.45) is 11.8 Å². The molecule has 190 valence electrons. The number of aliphatic carboxylic acids is 1. The van der Waals surface area contributed by atoms with E-state index in [0.29, 0.717) is 32.4 Å². The lowest BCUT2D eigenvalue weighted by molar-refractivity contribution is -0.142. The number of nitrogens with zero attached hydrogens (tertiary/aromatic N) is 1. The van der Waals surface area contributed by atoms with E-state index >= 15 is 0 Å². The molecule has 1 aromatic carbocycles. The molecular weight excluding hydrogens is 478 g/mol. The Balaban J connectivity index is 2.05. The van der Waals surface area contributed by atoms with Crippen molar-refractivity contribution in [3.8, 4) is 0 Å². The molecule has 0 aliphatic carbocycles. The summed E-state index contributed by atoms with van der Waals surface area (Å²) in [7, 11) is -3.89. The molecule has 0 radical (unpaired) electrons. The SMILES string of the molecule is CCC(C)C(NS(=O)(=O)c1ccc(C)cc1)C(=O)N1CCC(C(=O)NC(CSC)C(=O)O)CC1. The lowest BCUT2D eigenvalue weighted by Gasteiger charge is -2.35. The van der Waals surface area contributed by atoms with E-state index in [1.54, 1.807) is 23.3 Å². The first-order chi connectivity index (χ1) is 16.0. The smallest absolute Gasteiger partial charge is 0.327 e. The Morgan fingerprint density at radius 3 is 2.26 bits per heavy atom. The first-order valence-corrected chi connectivity index (χ1v) is 14.3. The first kappa shape index (κ1) is 28.1. The summed E-state index contributed by atoms with van der Waals surface area (Å²) in [5, 5.41) is 11.8. The molecule has 34 heavy (non-hydrogen) atoms. The maximum Gasteiger partial charge on any atom is 0.327 e. The maximum atomic E-state index is 13.3. The number of benzene rings is 1. The molecule has 1 aromatic rings. The van der Waals surface area contributed by atoms with Gasteiger partial charge in [-0.2, -0.15) is 16.5 Å². The van der Waals surface area contributed by atoms with Gasteiger partial charge in [-0.25, -0.2) is 13.2 Å². The third-order valence-corrected chi connectivity index (χ3v) is 8.34. The number of carboxylic acid groups (broad SMARTS) is 1. The van der Waals surface area contributed by atoms with E-state index in [9.17, 15) is 27.9 Å². The summed E-state index contributed by atoms with van der Waals surface area (Å²) in [4.78, 5) is 38.9. The molecule has 3 unspecified atom stereocenters. The molecule has 0 aromatic heterocycles. The van der Waals surface area contributed by atoms with E-state index in [1.165, 1.54) is 23.9 Å². The summed E-state index contributed by atoms with van der Waals surface area (Å²) in [6.07, 6.45) is 3.16. The molecule has 1 saturated heterocycles. The number of nitrogens with one attached hydrogen (secondary N) is 2. The molecule has 11 heteroatoms. The molecule has 1 heterocycles. The zero-order chi connectivity index (χ0) is 25.5. The fraction of sp³-hybridized carbons (Fsp3) is 0.609. The van der Waals surface area contributed by atoms with Crippen molar-refractivity contribution in [3.05, 3.63) is 29.8 Å². The Morgan fingerprint density at radius 1 is 1.18 bits per heavy atom. The van der Waals surface area contributed by atoms with Crippen molar-refractivity contribution in [2.75, 3.05) is 25.1 Å². The lowest BCUT2D eigenvalue weighted by Crippen LogP contribution is -2.54. The van der Waals surface area contributed by atoms with Gasteiger partial charge in [-0.1, -0.05) is 38.0 Å². The maximum absolute atomic E-state index is 13.3. The standard InChI is InChI=1S/C23H35N3O6S2/c1-5-16(3)20(25-34(31,32)18-8-6-15(2)7-9-18)22(28)26-12-10-17(11-13-26)21(27)24-19(14-33-4)23(29)30/h6-9,16-17,19-20,25H,5,10-14H2,1-4H3,(H,24,27)(H,29,30). The number of hydrogen-bond acceptors (Lipinski definition) is 6. The highest BCUT2D eigenvalue weighted by molar-refractivity contribution is 7.98. The number of piperidine rings is 1. The molecule has 2 amide bonds. The average molecular weight is 514 g/mol. The number of likely N-dealkylation sites (tertiary alicyclic amines) is 1. The van der Waals surface area contributed by atoms with Crippen LogP contribution < -0.4 is 10.0 Å². The second-order valence-electron chi connectivity index (χ2n) is 8.75. The van der Waals surface area contributed by atoms with Crippen molar-refractivity contribution in [3.63, 3.8) is 0 Å². The summed E-state index contributed by atoms with van der Waals surface area (Å²) in [5.74, 6) is -2.05. The Kier molecular flexibility index (Phi) is 10.4. The number of amides is 2. The zero-order valence-electron chi connectivity index (χ0n) is 20.1. The second-order valence-corrected chi connectivity index (χ2v) is 11.4. The van der Waals surface area contributed by atoms with Crippen LogP contribution in [-0.4, -0.2) is 73.4 Å². The highest BCUT2D eigenvalue weighted by Crippen LogP contribution is 2.22. The van der Waals surface area contributed by atoms with Gasteiger partial charge < -0.3 is 15.3 Å². The number of carbonyl (C=O) groups is 3. The Hall–Kier alpha value is -2.11. The molecule has 0 bridgehead atoms. The van der Waals surface area contributed by atoms with Gasteiger partial charge in [-0.3, -0.25) is 9.59 Å². The minimum absolute atomic E-state index is 0.104. The summed E-state index contributed by atoms with van der Waals surface area (Å²) in [6, 6.07) is 4.58. The third kappa shape index (κ3) is 7.44. The van der Waals surface area contributed by atoms with Crippen LogP contribution in [0.1, 0.15) is 38.7 Å². The normalized spacial score (nSPS) is 17.6. The summed E-state index contributed by atoms with van der Waals surface area (Å²) in [6.45, 7) is 6.20. The molecule has 1 aliphatic heterocycles. The van der Waals surface area contributed by atoms with Crippen molar-refractivity contribution >= 4 is 39.6 Å². The predicted octanol–water partition coefficient (Wildman–Crippen LogP) is 1.86. The van der Waals surface area contributed by atoms with E-state index in [1.807, 2.05) is 20.8 Å². The average Bonchev–Trinajstić information content (AvgIpc) is 2.81. The fourth-order valence-electron chi connectivity index (χ4n) is 3.79. The fourth-order valence-corrected chi connectivity index (χ4v) is 5.65. The molecule has 0 saturated carbocycles. The van der Waals surface area contributed by atoms with Crippen LogP contribution in [0.5, 0.6) is 0 Å². The van der Waals surface area contributed by atoms with Gasteiger partial charge in [0.1, 0.15) is 12.1 Å². The van der Waals surface area contributed by atoms with Crippen LogP contribution in [0.15, 0.2) is 29.2 Å². The van der Waals surface area contributed by atoms with Crippen LogP contribution in [0.4, 0.5) is 0 Å². The number of carbonyl (C=O) groups excluding carboxylic acids is 2. The van der Waals surface area contributed by atoms with Gasteiger partial charge >= 0.3 is 5.97 Å². The minimum Gasteiger partial charge on any atom is -0.480 e. The Morgan fingerprint density at radius 2 is 1.76 bits per heavy atom. The Labute approximate surface area is 206 Å². The topological polar surface area (TPSA) is 133 Å². The highest BCUT2D eigenvalue weighted by Gasteiger charge is 2.36. The second kappa shape index (κ2) is 12.6. The quantitative estimate of drug-likeness (QED) is 0.411. The van der Waals surface area contributed by atoms with Crippen molar-refractivity contribution in [1.82, 2.24) is 14.9 Å². The first-order valence-electron chi connectivity index (χ1n) is 11.4. The van der Waals surface area contributed by atoms with Crippen LogP contribution in [-0.2, 0) is 24.4 Å². The number of aryl methyl sites for hydroxylation is 1. The van der Waals surface area contributed by atoms with E-state index in [2.05, 4.69) is 10.0 Å². The van der Waals surface area contributed by atoms with Gasteiger partial charge in [0.25, 0.3) is 0 Å². The van der Waals surface area contributed by atoms with Crippen LogP contribution in [0, 0.1) is 18.8 Å². The van der Waals surface area contributed by atoms with Crippen LogP contribution in [0.3, 0.4) is 0 Å². The highest BCUT2D eigenvalue weighted by atomic mass is 32.2. The number of carboxylic acids is 1. The lowest BCUT2D eigenvalue weighted by atomic mass is 9.93. The number of rotatable bonds is 11. The van der Waals surface area contributed by atoms with Gasteiger partial charge in [0.15, 0.2) is 0 Å². The van der Waals surface area contributed by atoms with Crippen LogP contribution in [0.2, 0.25) is 0 Å². The van der Waals surface area contributed by atoms with Gasteiger partial charge in [0.05, 0.1) is 4.90 Å². The molecule has 3 atom stereocenters. The molecule has 9 nitrogen and oxygen atoms in total. The predicted molar refractivity (Wildman–Crippen MR) is 132 cm³/mol. The summed E-state index contributed by atoms with van der Waals surface area (Å²) < 4.78 is 28.5. The molecule has 3 N–H and O–H groups in total. The number of sulfonamides is 1. The molecule has 1 fully saturated rings. The van der Waals surface area contributed by atoms with Crippen molar-refractivity contribution in [1.29, 1.82) is 0 Å². The molecule has 1 aliphatic rings. The van der Waals surface area contributed by atoms with Gasteiger partial charge in [0.2, 0.25) is 21.8 Å². The minimum atomic E-state index is -3.89. The van der Waals surface area contributed by atoms with Crippen LogP contribution in [0.25, 0.3) is 0 Å².